The smallest absolute Gasteiger partial charge is 0.329 e. The van der Waals surface area contributed by atoms with Crippen molar-refractivity contribution in [2.75, 3.05) is 19.8 Å². The Bertz CT molecular complexity index is 349. The highest BCUT2D eigenvalue weighted by Crippen LogP contribution is 2.27. The monoisotopic (exact) mass is 286 g/mol. The van der Waals surface area contributed by atoms with Crippen LogP contribution in [-0.4, -0.2) is 42.3 Å². The number of carboxylic acid groups (broad SMARTS) is 1. The van der Waals surface area contributed by atoms with Gasteiger partial charge in [-0.3, -0.25) is 4.79 Å². The first kappa shape index (κ1) is 16.9. The summed E-state index contributed by atoms with van der Waals surface area (Å²) in [6.45, 7) is 5.45. The van der Waals surface area contributed by atoms with E-state index in [1.165, 1.54) is 0 Å². The number of nitrogens with one attached hydrogen (secondary N) is 1. The molecule has 0 aromatic rings. The van der Waals surface area contributed by atoms with Gasteiger partial charge in [-0.2, -0.15) is 0 Å². The molecule has 6 heteroatoms. The second kappa shape index (κ2) is 7.04. The van der Waals surface area contributed by atoms with Crippen LogP contribution < -0.4 is 11.1 Å². The third-order valence-corrected chi connectivity index (χ3v) is 3.98. The van der Waals surface area contributed by atoms with Crippen LogP contribution in [0.25, 0.3) is 0 Å². The van der Waals surface area contributed by atoms with Crippen LogP contribution in [0.2, 0.25) is 0 Å². The van der Waals surface area contributed by atoms with Crippen LogP contribution in [0.3, 0.4) is 0 Å². The molecule has 0 atom stereocenters. The summed E-state index contributed by atoms with van der Waals surface area (Å²) in [4.78, 5) is 23.5. The van der Waals surface area contributed by atoms with Gasteiger partial charge in [-0.05, 0) is 24.8 Å². The fourth-order valence-electron chi connectivity index (χ4n) is 2.41. The van der Waals surface area contributed by atoms with Gasteiger partial charge in [-0.1, -0.05) is 13.8 Å². The Labute approximate surface area is 120 Å². The SMILES string of the molecule is CC(C)(CCN)CCC(=O)NC1(C(=O)O)CCOCC1. The van der Waals surface area contributed by atoms with Crippen LogP contribution in [0, 0.1) is 5.41 Å². The Morgan fingerprint density at radius 3 is 2.40 bits per heavy atom. The van der Waals surface area contributed by atoms with Gasteiger partial charge in [0.2, 0.25) is 5.91 Å². The van der Waals surface area contributed by atoms with Crippen LogP contribution >= 0.6 is 0 Å². The number of amides is 1. The van der Waals surface area contributed by atoms with Gasteiger partial charge in [-0.15, -0.1) is 0 Å². The average Bonchev–Trinajstić information content (AvgIpc) is 2.37. The number of carbonyl (C=O) groups excluding carboxylic acids is 1. The summed E-state index contributed by atoms with van der Waals surface area (Å²) in [7, 11) is 0. The lowest BCUT2D eigenvalue weighted by Gasteiger charge is -2.34. The second-order valence-electron chi connectivity index (χ2n) is 6.25. The number of ether oxygens (including phenoxy) is 1. The molecule has 1 fully saturated rings. The van der Waals surface area contributed by atoms with Gasteiger partial charge in [0.1, 0.15) is 5.54 Å². The minimum atomic E-state index is -1.16. The van der Waals surface area contributed by atoms with E-state index in [0.717, 1.165) is 6.42 Å². The molecule has 1 aliphatic rings. The first-order chi connectivity index (χ1) is 9.31. The van der Waals surface area contributed by atoms with Gasteiger partial charge in [0, 0.05) is 32.5 Å². The van der Waals surface area contributed by atoms with Crippen molar-refractivity contribution in [3.8, 4) is 0 Å². The summed E-state index contributed by atoms with van der Waals surface area (Å²) in [5.74, 6) is -1.19. The molecule has 0 bridgehead atoms. The van der Waals surface area contributed by atoms with Gasteiger partial charge in [0.25, 0.3) is 0 Å². The largest absolute Gasteiger partial charge is 0.480 e. The van der Waals surface area contributed by atoms with Crippen molar-refractivity contribution >= 4 is 11.9 Å². The summed E-state index contributed by atoms with van der Waals surface area (Å²) in [5.41, 5.74) is 4.38. The van der Waals surface area contributed by atoms with Crippen LogP contribution in [0.4, 0.5) is 0 Å². The summed E-state index contributed by atoms with van der Waals surface area (Å²) in [6, 6.07) is 0. The van der Waals surface area contributed by atoms with Gasteiger partial charge in [0.15, 0.2) is 0 Å². The zero-order chi connectivity index (χ0) is 15.2. The van der Waals surface area contributed by atoms with E-state index in [4.69, 9.17) is 10.5 Å². The number of nitrogens with two attached hydrogens (primary N) is 1. The lowest BCUT2D eigenvalue weighted by molar-refractivity contribution is -0.152. The quantitative estimate of drug-likeness (QED) is 0.645. The molecule has 0 aliphatic carbocycles. The van der Waals surface area contributed by atoms with Gasteiger partial charge in [0.05, 0.1) is 0 Å². The molecule has 0 spiro atoms. The molecule has 0 aromatic carbocycles. The highest BCUT2D eigenvalue weighted by atomic mass is 16.5. The predicted molar refractivity (Wildman–Crippen MR) is 75.2 cm³/mol. The summed E-state index contributed by atoms with van der Waals surface area (Å²) in [6.07, 6.45) is 2.50. The van der Waals surface area contributed by atoms with Crippen molar-refractivity contribution in [2.45, 2.75) is 51.5 Å². The molecule has 1 amide bonds. The van der Waals surface area contributed by atoms with Crippen molar-refractivity contribution in [1.82, 2.24) is 5.32 Å². The summed E-state index contributed by atoms with van der Waals surface area (Å²) < 4.78 is 5.17. The molecule has 0 aromatic heterocycles. The Balaban J connectivity index is 2.53. The highest BCUT2D eigenvalue weighted by Gasteiger charge is 2.41. The maximum atomic E-state index is 12.0. The Kier molecular flexibility index (Phi) is 5.95. The Morgan fingerprint density at radius 2 is 1.90 bits per heavy atom. The molecule has 0 radical (unpaired) electrons. The fraction of sp³-hybridized carbons (Fsp3) is 0.857. The number of rotatable bonds is 7. The molecule has 1 rings (SSSR count). The molecule has 1 saturated heterocycles. The van der Waals surface area contributed by atoms with E-state index >= 15 is 0 Å². The standard InChI is InChI=1S/C14H26N2O4/c1-13(2,5-8-15)4-3-11(17)16-14(12(18)19)6-9-20-10-7-14/h3-10,15H2,1-2H3,(H,16,17)(H,18,19). The molecule has 1 heterocycles. The molecule has 0 unspecified atom stereocenters. The van der Waals surface area contributed by atoms with Crippen LogP contribution in [0.15, 0.2) is 0 Å². The molecule has 0 saturated carbocycles. The van der Waals surface area contributed by atoms with E-state index < -0.39 is 11.5 Å². The van der Waals surface area contributed by atoms with Crippen molar-refractivity contribution in [1.29, 1.82) is 0 Å². The number of carbonyl (C=O) groups is 2. The van der Waals surface area contributed by atoms with Crippen molar-refractivity contribution in [3.63, 3.8) is 0 Å². The van der Waals surface area contributed by atoms with Crippen LogP contribution in [0.1, 0.15) is 46.0 Å². The van der Waals surface area contributed by atoms with Crippen molar-refractivity contribution < 1.29 is 19.4 Å². The zero-order valence-corrected chi connectivity index (χ0v) is 12.4. The van der Waals surface area contributed by atoms with Crippen molar-refractivity contribution in [2.24, 2.45) is 11.1 Å². The van der Waals surface area contributed by atoms with E-state index in [2.05, 4.69) is 19.2 Å². The molecule has 20 heavy (non-hydrogen) atoms. The highest BCUT2D eigenvalue weighted by molar-refractivity contribution is 5.87. The minimum Gasteiger partial charge on any atom is -0.480 e. The molecule has 1 aliphatic heterocycles. The predicted octanol–water partition coefficient (Wildman–Crippen LogP) is 0.892. The van der Waals surface area contributed by atoms with E-state index in [1.54, 1.807) is 0 Å². The molecule has 6 nitrogen and oxygen atoms in total. The Hall–Kier alpha value is -1.14. The van der Waals surface area contributed by atoms with Gasteiger partial charge < -0.3 is 20.9 Å². The van der Waals surface area contributed by atoms with E-state index in [0.29, 0.717) is 45.4 Å². The van der Waals surface area contributed by atoms with Crippen molar-refractivity contribution in [3.05, 3.63) is 0 Å². The third kappa shape index (κ3) is 4.76. The van der Waals surface area contributed by atoms with Crippen LogP contribution in [0.5, 0.6) is 0 Å². The van der Waals surface area contributed by atoms with E-state index in [-0.39, 0.29) is 11.3 Å². The Morgan fingerprint density at radius 1 is 1.30 bits per heavy atom. The molecule has 116 valence electrons. The first-order valence-electron chi connectivity index (χ1n) is 7.14. The number of carboxylic acids is 1. The topological polar surface area (TPSA) is 102 Å². The summed E-state index contributed by atoms with van der Waals surface area (Å²) in [5, 5.41) is 12.1. The average molecular weight is 286 g/mol. The maximum absolute atomic E-state index is 12.0. The minimum absolute atomic E-state index is 0.00183. The number of hydrogen-bond acceptors (Lipinski definition) is 4. The van der Waals surface area contributed by atoms with Gasteiger partial charge in [-0.25, -0.2) is 4.79 Å². The lowest BCUT2D eigenvalue weighted by Crippen LogP contribution is -2.57. The van der Waals surface area contributed by atoms with E-state index in [1.807, 2.05) is 0 Å². The lowest BCUT2D eigenvalue weighted by atomic mass is 9.84. The third-order valence-electron chi connectivity index (χ3n) is 3.98. The van der Waals surface area contributed by atoms with Crippen LogP contribution in [-0.2, 0) is 14.3 Å². The van der Waals surface area contributed by atoms with Gasteiger partial charge >= 0.3 is 5.97 Å². The maximum Gasteiger partial charge on any atom is 0.329 e. The number of hydrogen-bond donors (Lipinski definition) is 3. The zero-order valence-electron chi connectivity index (χ0n) is 12.4. The molecule has 4 N–H and O–H groups in total. The van der Waals surface area contributed by atoms with E-state index in [9.17, 15) is 14.7 Å². The molecular formula is C14H26N2O4. The number of aliphatic carboxylic acids is 1. The molecular weight excluding hydrogens is 260 g/mol. The first-order valence-corrected chi connectivity index (χ1v) is 7.14. The second-order valence-corrected chi connectivity index (χ2v) is 6.25. The fourth-order valence-corrected chi connectivity index (χ4v) is 2.41. The summed E-state index contributed by atoms with van der Waals surface area (Å²) >= 11 is 0. The normalized spacial score (nSPS) is 18.6.